The zero-order valence-corrected chi connectivity index (χ0v) is 11.4. The minimum atomic E-state index is -1.27. The second-order valence-electron chi connectivity index (χ2n) is 4.15. The molecule has 0 amide bonds. The van der Waals surface area contributed by atoms with Gasteiger partial charge in [-0.3, -0.25) is 0 Å². The van der Waals surface area contributed by atoms with Gasteiger partial charge in [0.15, 0.2) is 6.10 Å². The van der Waals surface area contributed by atoms with E-state index >= 15 is 0 Å². The molecule has 18 heavy (non-hydrogen) atoms. The van der Waals surface area contributed by atoms with Crippen molar-refractivity contribution in [2.24, 2.45) is 0 Å². The Balaban J connectivity index is 1.95. The number of hydrogen-bond acceptors (Lipinski definition) is 4. The molecular formula is C13H15BrO4. The van der Waals surface area contributed by atoms with Crippen molar-refractivity contribution in [3.63, 3.8) is 0 Å². The number of hydrogen-bond donors (Lipinski definition) is 1. The number of alkyl halides is 1. The average molecular weight is 315 g/mol. The van der Waals surface area contributed by atoms with Crippen LogP contribution in [0.5, 0.6) is 0 Å². The molecule has 1 aromatic rings. The molecule has 3 atom stereocenters. The van der Waals surface area contributed by atoms with E-state index in [1.807, 2.05) is 6.07 Å². The predicted octanol–water partition coefficient (Wildman–Crippen LogP) is 2.16. The van der Waals surface area contributed by atoms with Gasteiger partial charge in [0.25, 0.3) is 0 Å². The molecule has 0 aliphatic carbocycles. The number of halogens is 1. The van der Waals surface area contributed by atoms with Crippen molar-refractivity contribution in [1.82, 2.24) is 0 Å². The van der Waals surface area contributed by atoms with Crippen molar-refractivity contribution in [2.45, 2.75) is 30.1 Å². The third kappa shape index (κ3) is 3.31. The van der Waals surface area contributed by atoms with Crippen LogP contribution in [-0.4, -0.2) is 28.8 Å². The summed E-state index contributed by atoms with van der Waals surface area (Å²) in [6.45, 7) is 0.571. The summed E-state index contributed by atoms with van der Waals surface area (Å²) in [6, 6.07) is 8.70. The van der Waals surface area contributed by atoms with Crippen molar-refractivity contribution in [3.8, 4) is 0 Å². The lowest BCUT2D eigenvalue weighted by Crippen LogP contribution is -2.35. The summed E-state index contributed by atoms with van der Waals surface area (Å²) in [5, 5.41) is 9.86. The van der Waals surface area contributed by atoms with Crippen LogP contribution in [0.2, 0.25) is 0 Å². The standard InChI is InChI=1S/C13H15BrO4/c14-10-7-4-8-17-13(10)18-12(16)11(15)9-5-2-1-3-6-9/h1-3,5-6,10-11,13,15H,4,7-8H2/t10-,11+,13+/m1/s1. The van der Waals surface area contributed by atoms with Gasteiger partial charge in [-0.15, -0.1) is 0 Å². The Kier molecular flexibility index (Phi) is 4.74. The first kappa shape index (κ1) is 13.5. The van der Waals surface area contributed by atoms with E-state index in [0.717, 1.165) is 12.8 Å². The van der Waals surface area contributed by atoms with Gasteiger partial charge in [-0.1, -0.05) is 46.3 Å². The molecule has 0 radical (unpaired) electrons. The van der Waals surface area contributed by atoms with Crippen molar-refractivity contribution in [3.05, 3.63) is 35.9 Å². The third-order valence-electron chi connectivity index (χ3n) is 2.77. The number of esters is 1. The van der Waals surface area contributed by atoms with Crippen LogP contribution in [0.1, 0.15) is 24.5 Å². The highest BCUT2D eigenvalue weighted by Gasteiger charge is 2.30. The molecule has 1 heterocycles. The molecule has 1 aliphatic heterocycles. The quantitative estimate of drug-likeness (QED) is 0.686. The van der Waals surface area contributed by atoms with E-state index < -0.39 is 18.4 Å². The molecule has 0 unspecified atom stereocenters. The summed E-state index contributed by atoms with van der Waals surface area (Å²) in [5.74, 6) is -0.683. The first-order valence-corrected chi connectivity index (χ1v) is 6.79. The van der Waals surface area contributed by atoms with E-state index in [9.17, 15) is 9.90 Å². The number of carbonyl (C=O) groups excluding carboxylic acids is 1. The second kappa shape index (κ2) is 6.31. The molecule has 1 N–H and O–H groups in total. The summed E-state index contributed by atoms with van der Waals surface area (Å²) in [5.41, 5.74) is 0.518. The van der Waals surface area contributed by atoms with Gasteiger partial charge < -0.3 is 14.6 Å². The molecule has 2 rings (SSSR count). The lowest BCUT2D eigenvalue weighted by molar-refractivity contribution is -0.193. The van der Waals surface area contributed by atoms with E-state index in [1.165, 1.54) is 0 Å². The summed E-state index contributed by atoms with van der Waals surface area (Å²) in [7, 11) is 0. The Morgan fingerprint density at radius 1 is 1.44 bits per heavy atom. The van der Waals surface area contributed by atoms with Crippen LogP contribution in [0.25, 0.3) is 0 Å². The summed E-state index contributed by atoms with van der Waals surface area (Å²) in [4.78, 5) is 11.8. The fourth-order valence-electron chi connectivity index (χ4n) is 1.78. The zero-order valence-electron chi connectivity index (χ0n) is 9.79. The van der Waals surface area contributed by atoms with Gasteiger partial charge in [0.2, 0.25) is 6.29 Å². The van der Waals surface area contributed by atoms with Crippen LogP contribution < -0.4 is 0 Å². The van der Waals surface area contributed by atoms with Crippen LogP contribution in [-0.2, 0) is 14.3 Å². The maximum Gasteiger partial charge on any atom is 0.341 e. The predicted molar refractivity (Wildman–Crippen MR) is 69.2 cm³/mol. The number of aliphatic hydroxyl groups is 1. The van der Waals surface area contributed by atoms with Crippen LogP contribution in [0.4, 0.5) is 0 Å². The maximum absolute atomic E-state index is 11.8. The Labute approximate surface area is 114 Å². The average Bonchev–Trinajstić information content (AvgIpc) is 2.41. The number of rotatable bonds is 3. The molecule has 0 saturated carbocycles. The molecule has 1 fully saturated rings. The van der Waals surface area contributed by atoms with Crippen molar-refractivity contribution in [2.75, 3.05) is 6.61 Å². The second-order valence-corrected chi connectivity index (χ2v) is 5.32. The van der Waals surface area contributed by atoms with E-state index in [1.54, 1.807) is 24.3 Å². The summed E-state index contributed by atoms with van der Waals surface area (Å²) in [6.07, 6.45) is -0.0639. The largest absolute Gasteiger partial charge is 0.432 e. The van der Waals surface area contributed by atoms with Crippen molar-refractivity contribution in [1.29, 1.82) is 0 Å². The number of benzene rings is 1. The van der Waals surface area contributed by atoms with Crippen LogP contribution in [0.15, 0.2) is 30.3 Å². The highest BCUT2D eigenvalue weighted by Crippen LogP contribution is 2.24. The van der Waals surface area contributed by atoms with Gasteiger partial charge in [0.1, 0.15) is 0 Å². The SMILES string of the molecule is O=C(O[C@@H]1OCCC[C@H]1Br)[C@@H](O)c1ccccc1. The molecule has 1 aromatic carbocycles. The highest BCUT2D eigenvalue weighted by molar-refractivity contribution is 9.09. The molecule has 5 heteroatoms. The monoisotopic (exact) mass is 314 g/mol. The van der Waals surface area contributed by atoms with E-state index in [2.05, 4.69) is 15.9 Å². The van der Waals surface area contributed by atoms with Gasteiger partial charge in [0.05, 0.1) is 11.4 Å². The Hall–Kier alpha value is -0.910. The molecule has 0 spiro atoms. The Morgan fingerprint density at radius 3 is 2.83 bits per heavy atom. The lowest BCUT2D eigenvalue weighted by atomic mass is 10.1. The first-order chi connectivity index (χ1) is 8.68. The third-order valence-corrected chi connectivity index (χ3v) is 3.66. The molecular weight excluding hydrogens is 300 g/mol. The maximum atomic E-state index is 11.8. The Morgan fingerprint density at radius 2 is 2.17 bits per heavy atom. The zero-order chi connectivity index (χ0) is 13.0. The number of carbonyl (C=O) groups is 1. The number of aliphatic hydroxyl groups excluding tert-OH is 1. The first-order valence-electron chi connectivity index (χ1n) is 5.87. The number of ether oxygens (including phenoxy) is 2. The van der Waals surface area contributed by atoms with Crippen LogP contribution in [0, 0.1) is 0 Å². The van der Waals surface area contributed by atoms with Gasteiger partial charge in [-0.05, 0) is 18.4 Å². The molecule has 1 saturated heterocycles. The van der Waals surface area contributed by atoms with Gasteiger partial charge in [-0.2, -0.15) is 0 Å². The van der Waals surface area contributed by atoms with Crippen LogP contribution in [0.3, 0.4) is 0 Å². The van der Waals surface area contributed by atoms with E-state index in [-0.39, 0.29) is 4.83 Å². The van der Waals surface area contributed by atoms with E-state index in [0.29, 0.717) is 12.2 Å². The van der Waals surface area contributed by atoms with Crippen molar-refractivity contribution >= 4 is 21.9 Å². The van der Waals surface area contributed by atoms with Crippen molar-refractivity contribution < 1.29 is 19.4 Å². The van der Waals surface area contributed by atoms with Gasteiger partial charge >= 0.3 is 5.97 Å². The minimum absolute atomic E-state index is 0.0156. The fourth-order valence-corrected chi connectivity index (χ4v) is 2.36. The molecule has 4 nitrogen and oxygen atoms in total. The van der Waals surface area contributed by atoms with Gasteiger partial charge in [-0.25, -0.2) is 4.79 Å². The summed E-state index contributed by atoms with van der Waals surface area (Å²) >= 11 is 3.40. The minimum Gasteiger partial charge on any atom is -0.432 e. The Bertz CT molecular complexity index is 395. The normalized spacial score (nSPS) is 25.4. The van der Waals surface area contributed by atoms with Gasteiger partial charge in [0, 0.05) is 0 Å². The highest BCUT2D eigenvalue weighted by atomic mass is 79.9. The topological polar surface area (TPSA) is 55.8 Å². The lowest BCUT2D eigenvalue weighted by Gasteiger charge is -2.28. The van der Waals surface area contributed by atoms with E-state index in [4.69, 9.17) is 9.47 Å². The van der Waals surface area contributed by atoms with Crippen LogP contribution >= 0.6 is 15.9 Å². The fraction of sp³-hybridized carbons (Fsp3) is 0.462. The molecule has 98 valence electrons. The summed E-state index contributed by atoms with van der Waals surface area (Å²) < 4.78 is 10.5. The molecule has 0 bridgehead atoms. The smallest absolute Gasteiger partial charge is 0.341 e. The molecule has 1 aliphatic rings. The molecule has 0 aromatic heterocycles.